The van der Waals surface area contributed by atoms with E-state index < -0.39 is 0 Å². The number of aryl methyl sites for hydroxylation is 2. The summed E-state index contributed by atoms with van der Waals surface area (Å²) in [5, 5.41) is 14.6. The van der Waals surface area contributed by atoms with Crippen molar-refractivity contribution in [3.63, 3.8) is 0 Å². The molecule has 116 valence electrons. The average Bonchev–Trinajstić information content (AvgIpc) is 2.43. The van der Waals surface area contributed by atoms with Gasteiger partial charge >= 0.3 is 0 Å². The molecular weight excluding hydrogens is 268 g/mol. The molecule has 2 unspecified atom stereocenters. The lowest BCUT2D eigenvalue weighted by Crippen LogP contribution is -2.34. The molecule has 5 heteroatoms. The molecule has 0 radical (unpaired) electrons. The predicted molar refractivity (Wildman–Crippen MR) is 83.9 cm³/mol. The quantitative estimate of drug-likeness (QED) is 0.658. The van der Waals surface area contributed by atoms with Crippen molar-refractivity contribution in [2.24, 2.45) is 0 Å². The van der Waals surface area contributed by atoms with Gasteiger partial charge in [0, 0.05) is 18.7 Å². The Bertz CT molecular complexity index is 514. The molecule has 2 atom stereocenters. The molecule has 1 heterocycles. The molecule has 0 aliphatic carbocycles. The fourth-order valence-electron chi connectivity index (χ4n) is 2.82. The molecule has 1 saturated heterocycles. The van der Waals surface area contributed by atoms with Crippen LogP contribution in [0.25, 0.3) is 0 Å². The molecular formula is C16H24N2O3. The largest absolute Gasteiger partial charge is 0.378 e. The summed E-state index contributed by atoms with van der Waals surface area (Å²) in [4.78, 5) is 10.9. The summed E-state index contributed by atoms with van der Waals surface area (Å²) in [6.07, 6.45) is 4.23. The summed E-state index contributed by atoms with van der Waals surface area (Å²) >= 11 is 0. The van der Waals surface area contributed by atoms with E-state index in [1.807, 2.05) is 19.9 Å². The maximum Gasteiger partial charge on any atom is 0.292 e. The van der Waals surface area contributed by atoms with Crippen LogP contribution in [-0.2, 0) is 4.74 Å². The van der Waals surface area contributed by atoms with E-state index in [4.69, 9.17) is 4.74 Å². The minimum absolute atomic E-state index is 0.164. The van der Waals surface area contributed by atoms with E-state index in [1.165, 1.54) is 0 Å². The Morgan fingerprint density at radius 1 is 1.38 bits per heavy atom. The van der Waals surface area contributed by atoms with Crippen LogP contribution >= 0.6 is 0 Å². The highest BCUT2D eigenvalue weighted by Gasteiger charge is 2.24. The first-order chi connectivity index (χ1) is 10.0. The standard InChI is InChI=1S/C16H24N2O3/c1-4-5-14-10-13(6-7-21-14)17-15-8-11(2)12(3)9-16(15)18(19)20/h8-9,13-14,17H,4-7,10H2,1-3H3. The molecule has 1 aliphatic rings. The van der Waals surface area contributed by atoms with Crippen LogP contribution in [0.5, 0.6) is 0 Å². The van der Waals surface area contributed by atoms with Crippen molar-refractivity contribution in [3.8, 4) is 0 Å². The van der Waals surface area contributed by atoms with E-state index in [9.17, 15) is 10.1 Å². The van der Waals surface area contributed by atoms with Crippen molar-refractivity contribution in [2.75, 3.05) is 11.9 Å². The van der Waals surface area contributed by atoms with Crippen LogP contribution in [0.4, 0.5) is 11.4 Å². The van der Waals surface area contributed by atoms with Gasteiger partial charge in [-0.2, -0.15) is 0 Å². The third-order valence-corrected chi connectivity index (χ3v) is 4.15. The van der Waals surface area contributed by atoms with Gasteiger partial charge in [-0.1, -0.05) is 13.3 Å². The van der Waals surface area contributed by atoms with Gasteiger partial charge in [-0.05, 0) is 50.3 Å². The maximum absolute atomic E-state index is 11.2. The van der Waals surface area contributed by atoms with Crippen molar-refractivity contribution in [1.82, 2.24) is 0 Å². The number of nitro benzene ring substituents is 1. The van der Waals surface area contributed by atoms with Crippen molar-refractivity contribution in [2.45, 2.75) is 58.6 Å². The zero-order chi connectivity index (χ0) is 15.4. The van der Waals surface area contributed by atoms with Gasteiger partial charge in [0.2, 0.25) is 0 Å². The zero-order valence-corrected chi connectivity index (χ0v) is 13.0. The molecule has 1 aliphatic heterocycles. The monoisotopic (exact) mass is 292 g/mol. The van der Waals surface area contributed by atoms with Gasteiger partial charge < -0.3 is 10.1 Å². The molecule has 0 aromatic heterocycles. The van der Waals surface area contributed by atoms with Crippen LogP contribution in [0.15, 0.2) is 12.1 Å². The van der Waals surface area contributed by atoms with Crippen LogP contribution in [0.2, 0.25) is 0 Å². The predicted octanol–water partition coefficient (Wildman–Crippen LogP) is 3.97. The van der Waals surface area contributed by atoms with Crippen molar-refractivity contribution in [3.05, 3.63) is 33.4 Å². The average molecular weight is 292 g/mol. The summed E-state index contributed by atoms with van der Waals surface area (Å²) in [5.74, 6) is 0. The summed E-state index contributed by atoms with van der Waals surface area (Å²) in [5.41, 5.74) is 2.81. The molecule has 0 saturated carbocycles. The van der Waals surface area contributed by atoms with Crippen LogP contribution in [0.1, 0.15) is 43.7 Å². The van der Waals surface area contributed by atoms with E-state index in [-0.39, 0.29) is 22.8 Å². The molecule has 5 nitrogen and oxygen atoms in total. The highest BCUT2D eigenvalue weighted by Crippen LogP contribution is 2.30. The van der Waals surface area contributed by atoms with Crippen LogP contribution in [0, 0.1) is 24.0 Å². The molecule has 0 amide bonds. The van der Waals surface area contributed by atoms with Crippen molar-refractivity contribution in [1.29, 1.82) is 0 Å². The van der Waals surface area contributed by atoms with Crippen LogP contribution < -0.4 is 5.32 Å². The second-order valence-electron chi connectivity index (χ2n) is 5.86. The van der Waals surface area contributed by atoms with E-state index in [2.05, 4.69) is 12.2 Å². The summed E-state index contributed by atoms with van der Waals surface area (Å²) in [6.45, 7) is 6.75. The molecule has 1 aromatic rings. The second kappa shape index (κ2) is 6.89. The third kappa shape index (κ3) is 3.94. The number of nitrogens with zero attached hydrogens (tertiary/aromatic N) is 1. The van der Waals surface area contributed by atoms with E-state index in [1.54, 1.807) is 6.07 Å². The molecule has 2 rings (SSSR count). The minimum Gasteiger partial charge on any atom is -0.378 e. The van der Waals surface area contributed by atoms with Crippen molar-refractivity contribution >= 4 is 11.4 Å². The third-order valence-electron chi connectivity index (χ3n) is 4.15. The number of benzene rings is 1. The second-order valence-corrected chi connectivity index (χ2v) is 5.86. The zero-order valence-electron chi connectivity index (χ0n) is 13.0. The number of rotatable bonds is 5. The van der Waals surface area contributed by atoms with Gasteiger partial charge in [-0.15, -0.1) is 0 Å². The van der Waals surface area contributed by atoms with Crippen molar-refractivity contribution < 1.29 is 9.66 Å². The summed E-state index contributed by atoms with van der Waals surface area (Å²) in [7, 11) is 0. The first-order valence-corrected chi connectivity index (χ1v) is 7.65. The summed E-state index contributed by atoms with van der Waals surface area (Å²) < 4.78 is 5.73. The van der Waals surface area contributed by atoms with Gasteiger partial charge in [-0.3, -0.25) is 10.1 Å². The number of anilines is 1. The van der Waals surface area contributed by atoms with Gasteiger partial charge in [0.25, 0.3) is 5.69 Å². The Morgan fingerprint density at radius 2 is 2.10 bits per heavy atom. The van der Waals surface area contributed by atoms with E-state index >= 15 is 0 Å². The lowest BCUT2D eigenvalue weighted by Gasteiger charge is -2.30. The first-order valence-electron chi connectivity index (χ1n) is 7.65. The lowest BCUT2D eigenvalue weighted by molar-refractivity contribution is -0.384. The molecule has 0 bridgehead atoms. The highest BCUT2D eigenvalue weighted by molar-refractivity contribution is 5.65. The number of ether oxygens (including phenoxy) is 1. The number of hydrogen-bond acceptors (Lipinski definition) is 4. The molecule has 0 spiro atoms. The van der Waals surface area contributed by atoms with E-state index in [0.717, 1.165) is 43.4 Å². The van der Waals surface area contributed by atoms with Crippen LogP contribution in [0.3, 0.4) is 0 Å². The summed E-state index contributed by atoms with van der Waals surface area (Å²) in [6, 6.07) is 3.79. The maximum atomic E-state index is 11.2. The number of hydrogen-bond donors (Lipinski definition) is 1. The first kappa shape index (κ1) is 15.8. The SMILES string of the molecule is CCCC1CC(Nc2cc(C)c(C)cc2[N+](=O)[O-])CCO1. The molecule has 1 fully saturated rings. The normalized spacial score (nSPS) is 22.0. The van der Waals surface area contributed by atoms with Gasteiger partial charge in [0.1, 0.15) is 5.69 Å². The van der Waals surface area contributed by atoms with E-state index in [0.29, 0.717) is 5.69 Å². The van der Waals surface area contributed by atoms with Gasteiger partial charge in [-0.25, -0.2) is 0 Å². The van der Waals surface area contributed by atoms with Gasteiger partial charge in [0.05, 0.1) is 11.0 Å². The Morgan fingerprint density at radius 3 is 2.76 bits per heavy atom. The smallest absolute Gasteiger partial charge is 0.292 e. The lowest BCUT2D eigenvalue weighted by atomic mass is 9.99. The Kier molecular flexibility index (Phi) is 5.17. The molecule has 1 N–H and O–H groups in total. The Balaban J connectivity index is 2.15. The fraction of sp³-hybridized carbons (Fsp3) is 0.625. The molecule has 1 aromatic carbocycles. The topological polar surface area (TPSA) is 64.4 Å². The molecule has 21 heavy (non-hydrogen) atoms. The Hall–Kier alpha value is -1.62. The minimum atomic E-state index is -0.308. The fourth-order valence-corrected chi connectivity index (χ4v) is 2.82. The number of nitro groups is 1. The van der Waals surface area contributed by atoms with Crippen LogP contribution in [-0.4, -0.2) is 23.7 Å². The Labute approximate surface area is 125 Å². The van der Waals surface area contributed by atoms with Gasteiger partial charge in [0.15, 0.2) is 0 Å². The number of nitrogens with one attached hydrogen (secondary N) is 1. The highest BCUT2D eigenvalue weighted by atomic mass is 16.6.